The molecule has 0 radical (unpaired) electrons. The van der Waals surface area contributed by atoms with Gasteiger partial charge >= 0.3 is 0 Å². The Morgan fingerprint density at radius 1 is 1.41 bits per heavy atom. The van der Waals surface area contributed by atoms with Crippen LogP contribution in [0.15, 0.2) is 12.1 Å². The van der Waals surface area contributed by atoms with Crippen molar-refractivity contribution in [2.24, 2.45) is 0 Å². The molecular formula is C19H25ClN4O3. The van der Waals surface area contributed by atoms with Crippen LogP contribution in [0.3, 0.4) is 0 Å². The van der Waals surface area contributed by atoms with E-state index in [9.17, 15) is 4.79 Å². The van der Waals surface area contributed by atoms with E-state index in [1.54, 1.807) is 12.1 Å². The van der Waals surface area contributed by atoms with Crippen molar-refractivity contribution in [2.45, 2.75) is 52.1 Å². The number of methoxy groups -OCH3 is 1. The summed E-state index contributed by atoms with van der Waals surface area (Å²) in [5.41, 5.74) is 0.444. The third-order valence-electron chi connectivity index (χ3n) is 4.50. The first-order valence-electron chi connectivity index (χ1n) is 9.29. The number of hydrogen-bond acceptors (Lipinski definition) is 5. The molecule has 2 heterocycles. The zero-order valence-corrected chi connectivity index (χ0v) is 16.7. The van der Waals surface area contributed by atoms with E-state index in [0.29, 0.717) is 35.2 Å². The molecule has 7 nitrogen and oxygen atoms in total. The SMILES string of the molecule is CCCOc1c(Cl)cc(C(=O)NC2CCc3nc(CC)nn3C2)cc1OC. The van der Waals surface area contributed by atoms with Crippen molar-refractivity contribution in [1.29, 1.82) is 0 Å². The molecule has 1 aliphatic rings. The van der Waals surface area contributed by atoms with Gasteiger partial charge in [0.25, 0.3) is 5.91 Å². The van der Waals surface area contributed by atoms with Crippen molar-refractivity contribution in [3.8, 4) is 11.5 Å². The minimum absolute atomic E-state index is 0.00260. The van der Waals surface area contributed by atoms with E-state index in [0.717, 1.165) is 37.3 Å². The number of ether oxygens (including phenoxy) is 2. The summed E-state index contributed by atoms with van der Waals surface area (Å²) >= 11 is 6.31. The van der Waals surface area contributed by atoms with Crippen molar-refractivity contribution in [3.63, 3.8) is 0 Å². The van der Waals surface area contributed by atoms with Gasteiger partial charge in [-0.3, -0.25) is 4.79 Å². The molecule has 8 heteroatoms. The van der Waals surface area contributed by atoms with Crippen LogP contribution in [0.25, 0.3) is 0 Å². The van der Waals surface area contributed by atoms with Gasteiger partial charge in [0, 0.05) is 24.4 Å². The molecule has 3 rings (SSSR count). The number of aryl methyl sites for hydroxylation is 2. The van der Waals surface area contributed by atoms with Crippen LogP contribution in [-0.4, -0.2) is 40.4 Å². The molecule has 1 amide bonds. The highest BCUT2D eigenvalue weighted by atomic mass is 35.5. The number of hydrogen-bond donors (Lipinski definition) is 1. The summed E-state index contributed by atoms with van der Waals surface area (Å²) < 4.78 is 12.9. The number of rotatable bonds is 7. The lowest BCUT2D eigenvalue weighted by atomic mass is 10.1. The van der Waals surface area contributed by atoms with Crippen molar-refractivity contribution in [3.05, 3.63) is 34.4 Å². The summed E-state index contributed by atoms with van der Waals surface area (Å²) in [6.07, 6.45) is 3.29. The molecule has 0 saturated carbocycles. The summed E-state index contributed by atoms with van der Waals surface area (Å²) in [7, 11) is 1.53. The molecular weight excluding hydrogens is 368 g/mol. The molecule has 27 heavy (non-hydrogen) atoms. The zero-order valence-electron chi connectivity index (χ0n) is 15.9. The number of aromatic nitrogens is 3. The first kappa shape index (κ1) is 19.5. The topological polar surface area (TPSA) is 78.3 Å². The van der Waals surface area contributed by atoms with Crippen molar-refractivity contribution < 1.29 is 14.3 Å². The van der Waals surface area contributed by atoms with Crippen molar-refractivity contribution >= 4 is 17.5 Å². The number of carbonyl (C=O) groups excluding carboxylic acids is 1. The molecule has 1 atom stereocenters. The van der Waals surface area contributed by atoms with Gasteiger partial charge < -0.3 is 14.8 Å². The Kier molecular flexibility index (Phi) is 6.21. The number of benzene rings is 1. The second kappa shape index (κ2) is 8.61. The van der Waals surface area contributed by atoms with E-state index in [1.165, 1.54) is 7.11 Å². The predicted molar refractivity (Wildman–Crippen MR) is 103 cm³/mol. The van der Waals surface area contributed by atoms with Gasteiger partial charge in [0.1, 0.15) is 5.82 Å². The maximum atomic E-state index is 12.7. The van der Waals surface area contributed by atoms with Gasteiger partial charge in [0.2, 0.25) is 0 Å². The van der Waals surface area contributed by atoms with E-state index in [-0.39, 0.29) is 11.9 Å². The van der Waals surface area contributed by atoms with Gasteiger partial charge in [-0.25, -0.2) is 9.67 Å². The van der Waals surface area contributed by atoms with Gasteiger partial charge in [-0.1, -0.05) is 25.4 Å². The maximum Gasteiger partial charge on any atom is 0.251 e. The average molecular weight is 393 g/mol. The quantitative estimate of drug-likeness (QED) is 0.783. The number of carbonyl (C=O) groups is 1. The largest absolute Gasteiger partial charge is 0.493 e. The molecule has 0 fully saturated rings. The zero-order chi connectivity index (χ0) is 19.4. The number of nitrogens with one attached hydrogen (secondary N) is 1. The lowest BCUT2D eigenvalue weighted by Crippen LogP contribution is -2.41. The Hall–Kier alpha value is -2.28. The van der Waals surface area contributed by atoms with Gasteiger partial charge in [0.15, 0.2) is 17.3 Å². The number of halogens is 1. The molecule has 0 saturated heterocycles. The first-order chi connectivity index (χ1) is 13.0. The lowest BCUT2D eigenvalue weighted by Gasteiger charge is -2.23. The normalized spacial score (nSPS) is 15.9. The lowest BCUT2D eigenvalue weighted by molar-refractivity contribution is 0.0926. The summed E-state index contributed by atoms with van der Waals surface area (Å²) in [5, 5.41) is 7.90. The van der Waals surface area contributed by atoms with Crippen LogP contribution in [0.2, 0.25) is 5.02 Å². The fourth-order valence-electron chi connectivity index (χ4n) is 3.09. The second-order valence-electron chi connectivity index (χ2n) is 6.53. The third-order valence-corrected chi connectivity index (χ3v) is 4.78. The molecule has 1 unspecified atom stereocenters. The van der Waals surface area contributed by atoms with Gasteiger partial charge in [-0.05, 0) is 25.0 Å². The van der Waals surface area contributed by atoms with Crippen LogP contribution in [0.1, 0.15) is 48.7 Å². The molecule has 2 aromatic rings. The monoisotopic (exact) mass is 392 g/mol. The molecule has 1 aromatic heterocycles. The minimum Gasteiger partial charge on any atom is -0.493 e. The maximum absolute atomic E-state index is 12.7. The van der Waals surface area contributed by atoms with Crippen molar-refractivity contribution in [1.82, 2.24) is 20.1 Å². The standard InChI is InChI=1S/C19H25ClN4O3/c1-4-8-27-18-14(20)9-12(10-15(18)26-3)19(25)21-13-6-7-17-22-16(5-2)23-24(17)11-13/h9-10,13H,4-8,11H2,1-3H3,(H,21,25). The summed E-state index contributed by atoms with van der Waals surface area (Å²) in [5.74, 6) is 2.56. The Bertz CT molecular complexity index is 822. The fraction of sp³-hybridized carbons (Fsp3) is 0.526. The smallest absolute Gasteiger partial charge is 0.251 e. The molecule has 0 bridgehead atoms. The fourth-order valence-corrected chi connectivity index (χ4v) is 3.36. The number of amides is 1. The van der Waals surface area contributed by atoms with Gasteiger partial charge in [-0.2, -0.15) is 5.10 Å². The van der Waals surface area contributed by atoms with Gasteiger partial charge in [0.05, 0.1) is 25.3 Å². The molecule has 0 aliphatic carbocycles. The molecule has 1 aromatic carbocycles. The van der Waals surface area contributed by atoms with Crippen LogP contribution < -0.4 is 14.8 Å². The number of nitrogens with zero attached hydrogens (tertiary/aromatic N) is 3. The Balaban J connectivity index is 1.71. The summed E-state index contributed by atoms with van der Waals surface area (Å²) in [6.45, 7) is 5.20. The highest BCUT2D eigenvalue weighted by molar-refractivity contribution is 6.32. The van der Waals surface area contributed by atoms with Crippen LogP contribution in [-0.2, 0) is 19.4 Å². The second-order valence-corrected chi connectivity index (χ2v) is 6.93. The summed E-state index contributed by atoms with van der Waals surface area (Å²) in [4.78, 5) is 17.2. The van der Waals surface area contributed by atoms with E-state index >= 15 is 0 Å². The first-order valence-corrected chi connectivity index (χ1v) is 9.67. The van der Waals surface area contributed by atoms with E-state index in [1.807, 2.05) is 18.5 Å². The van der Waals surface area contributed by atoms with Crippen LogP contribution in [0.5, 0.6) is 11.5 Å². The predicted octanol–water partition coefficient (Wildman–Crippen LogP) is 3.04. The van der Waals surface area contributed by atoms with Gasteiger partial charge in [-0.15, -0.1) is 0 Å². The third kappa shape index (κ3) is 4.35. The molecule has 1 aliphatic heterocycles. The van der Waals surface area contributed by atoms with E-state index in [4.69, 9.17) is 21.1 Å². The summed E-state index contributed by atoms with van der Waals surface area (Å²) in [6, 6.07) is 3.27. The highest BCUT2D eigenvalue weighted by Crippen LogP contribution is 2.36. The Labute approximate surface area is 164 Å². The minimum atomic E-state index is -0.193. The molecule has 1 N–H and O–H groups in total. The molecule has 146 valence electrons. The van der Waals surface area contributed by atoms with Crippen LogP contribution >= 0.6 is 11.6 Å². The number of fused-ring (bicyclic) bond motifs is 1. The van der Waals surface area contributed by atoms with E-state index < -0.39 is 0 Å². The van der Waals surface area contributed by atoms with Crippen LogP contribution in [0.4, 0.5) is 0 Å². The van der Waals surface area contributed by atoms with Crippen molar-refractivity contribution in [2.75, 3.05) is 13.7 Å². The van der Waals surface area contributed by atoms with E-state index in [2.05, 4.69) is 15.4 Å². The highest BCUT2D eigenvalue weighted by Gasteiger charge is 2.24. The Morgan fingerprint density at radius 2 is 2.22 bits per heavy atom. The van der Waals surface area contributed by atoms with Crippen LogP contribution in [0, 0.1) is 0 Å². The Morgan fingerprint density at radius 3 is 2.93 bits per heavy atom. The average Bonchev–Trinajstić information content (AvgIpc) is 3.08. The molecule has 0 spiro atoms.